The molecule has 1 aromatic heterocycles. The van der Waals surface area contributed by atoms with Gasteiger partial charge in [-0.25, -0.2) is 18.1 Å². The van der Waals surface area contributed by atoms with E-state index in [9.17, 15) is 26.4 Å². The second-order valence-corrected chi connectivity index (χ2v) is 6.94. The van der Waals surface area contributed by atoms with Crippen molar-refractivity contribution in [3.05, 3.63) is 65.5 Å². The van der Waals surface area contributed by atoms with Gasteiger partial charge in [-0.1, -0.05) is 36.4 Å². The van der Waals surface area contributed by atoms with Gasteiger partial charge >= 0.3 is 6.18 Å². The van der Waals surface area contributed by atoms with Crippen LogP contribution in [0.3, 0.4) is 0 Å². The molecular formula is C15H13F3N2O3S. The van der Waals surface area contributed by atoms with Crippen LogP contribution in [-0.2, 0) is 16.2 Å². The first-order valence-corrected chi connectivity index (χ1v) is 8.31. The van der Waals surface area contributed by atoms with E-state index in [2.05, 4.69) is 4.98 Å². The molecule has 0 radical (unpaired) electrons. The van der Waals surface area contributed by atoms with Crippen molar-refractivity contribution < 1.29 is 26.4 Å². The molecule has 0 bridgehead atoms. The summed E-state index contributed by atoms with van der Waals surface area (Å²) < 4.78 is 64.0. The molecule has 0 aliphatic heterocycles. The van der Waals surface area contributed by atoms with Gasteiger partial charge in [0, 0.05) is 0 Å². The van der Waals surface area contributed by atoms with Crippen molar-refractivity contribution in [3.63, 3.8) is 0 Å². The Balaban J connectivity index is 2.23. The number of carbonyl (C=O) groups excluding carboxylic acids is 1. The summed E-state index contributed by atoms with van der Waals surface area (Å²) in [5, 5.41) is -1.06. The predicted octanol–water partition coefficient (Wildman–Crippen LogP) is 2.92. The Bertz CT molecular complexity index is 837. The molecule has 0 saturated carbocycles. The first kappa shape index (κ1) is 17.9. The van der Waals surface area contributed by atoms with Gasteiger partial charge in [-0.05, 0) is 24.6 Å². The topological polar surface area (TPSA) is 76.1 Å². The lowest BCUT2D eigenvalue weighted by atomic mass is 10.2. The molecule has 1 atom stereocenters. The van der Waals surface area contributed by atoms with Crippen molar-refractivity contribution in [3.8, 4) is 0 Å². The van der Waals surface area contributed by atoms with Crippen molar-refractivity contribution in [2.24, 2.45) is 0 Å². The number of alkyl halides is 3. The third-order valence-corrected chi connectivity index (χ3v) is 4.91. The Morgan fingerprint density at radius 3 is 2.29 bits per heavy atom. The van der Waals surface area contributed by atoms with Gasteiger partial charge in [0.1, 0.15) is 16.6 Å². The first-order chi connectivity index (χ1) is 11.1. The quantitative estimate of drug-likeness (QED) is 0.912. The number of nitrogens with zero attached hydrogens (tertiary/aromatic N) is 1. The van der Waals surface area contributed by atoms with Crippen molar-refractivity contribution in [2.45, 2.75) is 18.3 Å². The van der Waals surface area contributed by atoms with Gasteiger partial charge in [-0.3, -0.25) is 4.79 Å². The van der Waals surface area contributed by atoms with E-state index in [-0.39, 0.29) is 0 Å². The summed E-state index contributed by atoms with van der Waals surface area (Å²) in [4.78, 5) is 15.1. The number of pyridine rings is 1. The van der Waals surface area contributed by atoms with E-state index < -0.39 is 38.7 Å². The molecule has 128 valence electrons. The number of amides is 1. The number of sulfonamides is 1. The summed E-state index contributed by atoms with van der Waals surface area (Å²) in [7, 11) is -4.13. The minimum absolute atomic E-state index is 0.440. The van der Waals surface area contributed by atoms with Gasteiger partial charge in [-0.2, -0.15) is 13.2 Å². The van der Waals surface area contributed by atoms with E-state index in [0.717, 1.165) is 12.1 Å². The summed E-state index contributed by atoms with van der Waals surface area (Å²) in [5.41, 5.74) is -1.47. The van der Waals surface area contributed by atoms with Crippen LogP contribution in [0.5, 0.6) is 0 Å². The zero-order chi connectivity index (χ0) is 18.0. The highest BCUT2D eigenvalue weighted by molar-refractivity contribution is 7.90. The Labute approximate surface area is 136 Å². The van der Waals surface area contributed by atoms with Crippen LogP contribution in [0.1, 0.15) is 33.9 Å². The molecule has 0 fully saturated rings. The lowest BCUT2D eigenvalue weighted by Crippen LogP contribution is -2.34. The summed E-state index contributed by atoms with van der Waals surface area (Å²) >= 11 is 0. The molecule has 24 heavy (non-hydrogen) atoms. The number of aromatic nitrogens is 1. The van der Waals surface area contributed by atoms with Crippen molar-refractivity contribution in [1.82, 2.24) is 9.71 Å². The van der Waals surface area contributed by atoms with Gasteiger partial charge in [0.15, 0.2) is 0 Å². The molecule has 5 nitrogen and oxygen atoms in total. The van der Waals surface area contributed by atoms with Gasteiger partial charge < -0.3 is 0 Å². The van der Waals surface area contributed by atoms with Crippen LogP contribution in [0, 0.1) is 0 Å². The molecule has 0 aliphatic carbocycles. The largest absolute Gasteiger partial charge is 0.433 e. The standard InChI is InChI=1S/C15H13F3N2O3S/c1-10(11-6-3-2-4-7-11)24(22,23)20-14(21)12-8-5-9-13(19-12)15(16,17)18/h2-10H,1H3,(H,20,21). The highest BCUT2D eigenvalue weighted by atomic mass is 32.2. The van der Waals surface area contributed by atoms with Crippen LogP contribution in [0.2, 0.25) is 0 Å². The Hall–Kier alpha value is -2.42. The van der Waals surface area contributed by atoms with E-state index in [1.807, 2.05) is 0 Å². The summed E-state index contributed by atoms with van der Waals surface area (Å²) in [6.07, 6.45) is -4.73. The SMILES string of the molecule is CC(c1ccccc1)S(=O)(=O)NC(=O)c1cccc(C(F)(F)F)n1. The van der Waals surface area contributed by atoms with E-state index in [1.165, 1.54) is 6.92 Å². The van der Waals surface area contributed by atoms with Crippen LogP contribution in [0.15, 0.2) is 48.5 Å². The molecule has 1 aromatic carbocycles. The van der Waals surface area contributed by atoms with Crippen molar-refractivity contribution in [2.75, 3.05) is 0 Å². The van der Waals surface area contributed by atoms with Crippen LogP contribution in [-0.4, -0.2) is 19.3 Å². The van der Waals surface area contributed by atoms with Gasteiger partial charge in [0.05, 0.1) is 0 Å². The van der Waals surface area contributed by atoms with Gasteiger partial charge in [0.2, 0.25) is 10.0 Å². The number of carbonyl (C=O) groups is 1. The van der Waals surface area contributed by atoms with E-state index in [1.54, 1.807) is 35.1 Å². The number of rotatable bonds is 4. The summed E-state index contributed by atoms with van der Waals surface area (Å²) in [6.45, 7) is 1.37. The monoisotopic (exact) mass is 358 g/mol. The maximum atomic E-state index is 12.6. The van der Waals surface area contributed by atoms with E-state index >= 15 is 0 Å². The highest BCUT2D eigenvalue weighted by Crippen LogP contribution is 2.27. The molecule has 2 aromatic rings. The third-order valence-electron chi connectivity index (χ3n) is 3.24. The zero-order valence-electron chi connectivity index (χ0n) is 12.4. The molecule has 0 aliphatic rings. The minimum Gasteiger partial charge on any atom is -0.266 e. The molecule has 0 spiro atoms. The second kappa shape index (κ2) is 6.60. The maximum absolute atomic E-state index is 12.6. The first-order valence-electron chi connectivity index (χ1n) is 6.76. The number of hydrogen-bond acceptors (Lipinski definition) is 4. The van der Waals surface area contributed by atoms with Gasteiger partial charge in [-0.15, -0.1) is 0 Å². The van der Waals surface area contributed by atoms with Crippen LogP contribution in [0.25, 0.3) is 0 Å². The Morgan fingerprint density at radius 1 is 1.08 bits per heavy atom. The summed E-state index contributed by atoms with van der Waals surface area (Å²) in [5.74, 6) is -1.22. The number of benzene rings is 1. The average Bonchev–Trinajstić information content (AvgIpc) is 2.54. The molecule has 9 heteroatoms. The molecular weight excluding hydrogens is 345 g/mol. The predicted molar refractivity (Wildman–Crippen MR) is 80.5 cm³/mol. The van der Waals surface area contributed by atoms with E-state index in [4.69, 9.17) is 0 Å². The molecule has 1 amide bonds. The fraction of sp³-hybridized carbons (Fsp3) is 0.200. The summed E-state index contributed by atoms with van der Waals surface area (Å²) in [6, 6.07) is 10.8. The van der Waals surface area contributed by atoms with E-state index in [0.29, 0.717) is 11.6 Å². The molecule has 2 rings (SSSR count). The number of halogens is 3. The highest BCUT2D eigenvalue weighted by Gasteiger charge is 2.33. The van der Waals surface area contributed by atoms with Gasteiger partial charge in [0.25, 0.3) is 5.91 Å². The second-order valence-electron chi connectivity index (χ2n) is 4.93. The Morgan fingerprint density at radius 2 is 1.71 bits per heavy atom. The molecule has 1 heterocycles. The fourth-order valence-corrected chi connectivity index (χ4v) is 2.95. The normalized spacial score (nSPS) is 13.3. The molecule has 0 saturated heterocycles. The lowest BCUT2D eigenvalue weighted by Gasteiger charge is -2.14. The number of nitrogens with one attached hydrogen (secondary N) is 1. The van der Waals surface area contributed by atoms with Crippen LogP contribution < -0.4 is 4.72 Å². The number of hydrogen-bond donors (Lipinski definition) is 1. The minimum atomic E-state index is -4.73. The smallest absolute Gasteiger partial charge is 0.266 e. The zero-order valence-corrected chi connectivity index (χ0v) is 13.2. The molecule has 1 N–H and O–H groups in total. The van der Waals surface area contributed by atoms with Crippen LogP contribution >= 0.6 is 0 Å². The maximum Gasteiger partial charge on any atom is 0.433 e. The van der Waals surface area contributed by atoms with Crippen molar-refractivity contribution >= 4 is 15.9 Å². The molecule has 1 unspecified atom stereocenters. The lowest BCUT2D eigenvalue weighted by molar-refractivity contribution is -0.141. The third kappa shape index (κ3) is 4.10. The van der Waals surface area contributed by atoms with Crippen LogP contribution in [0.4, 0.5) is 13.2 Å². The fourth-order valence-electron chi connectivity index (χ4n) is 1.89. The Kier molecular flexibility index (Phi) is 4.93. The van der Waals surface area contributed by atoms with Crippen molar-refractivity contribution in [1.29, 1.82) is 0 Å². The average molecular weight is 358 g/mol.